The zero-order chi connectivity index (χ0) is 11.4. The van der Waals surface area contributed by atoms with Gasteiger partial charge in [-0.3, -0.25) is 4.79 Å². The molecular formula is C11H13BrO3. The zero-order valence-corrected chi connectivity index (χ0v) is 10.6. The van der Waals surface area contributed by atoms with Crippen molar-refractivity contribution in [3.8, 4) is 5.75 Å². The second-order valence-corrected chi connectivity index (χ2v) is 4.02. The van der Waals surface area contributed by atoms with Crippen LogP contribution in [-0.2, 0) is 16.0 Å². The van der Waals surface area contributed by atoms with Gasteiger partial charge in [0, 0.05) is 4.47 Å². The van der Waals surface area contributed by atoms with Crippen LogP contribution in [-0.4, -0.2) is 20.2 Å². The van der Waals surface area contributed by atoms with Gasteiger partial charge in [-0.15, -0.1) is 0 Å². The SMILES string of the molecule is COC(=O)Cc1cc(C)c(OC)cc1Br. The number of aryl methyl sites for hydroxylation is 1. The molecule has 0 atom stereocenters. The molecule has 0 aliphatic heterocycles. The zero-order valence-electron chi connectivity index (χ0n) is 8.96. The number of hydrogen-bond donors (Lipinski definition) is 0. The van der Waals surface area contributed by atoms with Gasteiger partial charge in [0.15, 0.2) is 0 Å². The molecule has 4 heteroatoms. The maximum atomic E-state index is 11.1. The van der Waals surface area contributed by atoms with Gasteiger partial charge in [0.05, 0.1) is 20.6 Å². The maximum Gasteiger partial charge on any atom is 0.310 e. The third kappa shape index (κ3) is 2.96. The van der Waals surface area contributed by atoms with Crippen LogP contribution in [0.3, 0.4) is 0 Å². The fourth-order valence-electron chi connectivity index (χ4n) is 1.31. The van der Waals surface area contributed by atoms with Crippen molar-refractivity contribution in [2.45, 2.75) is 13.3 Å². The standard InChI is InChI=1S/C11H13BrO3/c1-7-4-8(5-11(13)15-3)9(12)6-10(7)14-2/h4,6H,5H2,1-3H3. The van der Waals surface area contributed by atoms with Crippen molar-refractivity contribution < 1.29 is 14.3 Å². The highest BCUT2D eigenvalue weighted by Crippen LogP contribution is 2.27. The largest absolute Gasteiger partial charge is 0.496 e. The third-order valence-electron chi connectivity index (χ3n) is 2.13. The summed E-state index contributed by atoms with van der Waals surface area (Å²) in [6.07, 6.45) is 0.266. The summed E-state index contributed by atoms with van der Waals surface area (Å²) in [5.41, 5.74) is 1.90. The van der Waals surface area contributed by atoms with Crippen LogP contribution in [0.5, 0.6) is 5.75 Å². The second-order valence-electron chi connectivity index (χ2n) is 3.17. The van der Waals surface area contributed by atoms with Gasteiger partial charge in [0.2, 0.25) is 0 Å². The van der Waals surface area contributed by atoms with Crippen molar-refractivity contribution in [2.24, 2.45) is 0 Å². The number of ether oxygens (including phenoxy) is 2. The van der Waals surface area contributed by atoms with Crippen LogP contribution >= 0.6 is 15.9 Å². The molecule has 0 amide bonds. The Morgan fingerprint density at radius 3 is 2.60 bits per heavy atom. The highest BCUT2D eigenvalue weighted by atomic mass is 79.9. The van der Waals surface area contributed by atoms with Crippen LogP contribution in [0.1, 0.15) is 11.1 Å². The molecule has 0 aliphatic carbocycles. The van der Waals surface area contributed by atoms with Gasteiger partial charge in [0.25, 0.3) is 0 Å². The Kier molecular flexibility index (Phi) is 4.15. The first-order valence-corrected chi connectivity index (χ1v) is 5.27. The fraction of sp³-hybridized carbons (Fsp3) is 0.364. The molecule has 0 N–H and O–H groups in total. The summed E-state index contributed by atoms with van der Waals surface area (Å²) >= 11 is 3.39. The lowest BCUT2D eigenvalue weighted by atomic mass is 10.1. The van der Waals surface area contributed by atoms with Crippen molar-refractivity contribution >= 4 is 21.9 Å². The molecular weight excluding hydrogens is 260 g/mol. The van der Waals surface area contributed by atoms with Crippen LogP contribution in [0.15, 0.2) is 16.6 Å². The average Bonchev–Trinajstić information content (AvgIpc) is 2.22. The molecule has 0 aliphatic rings. The van der Waals surface area contributed by atoms with Crippen LogP contribution in [0.25, 0.3) is 0 Å². The van der Waals surface area contributed by atoms with E-state index in [0.717, 1.165) is 21.3 Å². The second kappa shape index (κ2) is 5.16. The van der Waals surface area contributed by atoms with E-state index in [1.807, 2.05) is 19.1 Å². The summed E-state index contributed by atoms with van der Waals surface area (Å²) in [6.45, 7) is 1.94. The molecule has 0 bridgehead atoms. The van der Waals surface area contributed by atoms with E-state index in [-0.39, 0.29) is 12.4 Å². The summed E-state index contributed by atoms with van der Waals surface area (Å²) in [4.78, 5) is 11.1. The monoisotopic (exact) mass is 272 g/mol. The molecule has 0 fully saturated rings. The van der Waals surface area contributed by atoms with Gasteiger partial charge in [-0.25, -0.2) is 0 Å². The molecule has 0 radical (unpaired) electrons. The summed E-state index contributed by atoms with van der Waals surface area (Å²) in [6, 6.07) is 3.77. The van der Waals surface area contributed by atoms with Gasteiger partial charge in [-0.2, -0.15) is 0 Å². The number of hydrogen-bond acceptors (Lipinski definition) is 3. The number of benzene rings is 1. The van der Waals surface area contributed by atoms with Crippen LogP contribution in [0.2, 0.25) is 0 Å². The van der Waals surface area contributed by atoms with E-state index >= 15 is 0 Å². The lowest BCUT2D eigenvalue weighted by molar-refractivity contribution is -0.139. The highest BCUT2D eigenvalue weighted by molar-refractivity contribution is 9.10. The van der Waals surface area contributed by atoms with Gasteiger partial charge in [0.1, 0.15) is 5.75 Å². The Hall–Kier alpha value is -1.03. The Labute approximate surface area is 97.5 Å². The van der Waals surface area contributed by atoms with E-state index in [1.165, 1.54) is 7.11 Å². The molecule has 0 spiro atoms. The van der Waals surface area contributed by atoms with Crippen molar-refractivity contribution in [1.29, 1.82) is 0 Å². The van der Waals surface area contributed by atoms with Gasteiger partial charge >= 0.3 is 5.97 Å². The van der Waals surface area contributed by atoms with Gasteiger partial charge < -0.3 is 9.47 Å². The fourth-order valence-corrected chi connectivity index (χ4v) is 1.77. The third-order valence-corrected chi connectivity index (χ3v) is 2.86. The summed E-state index contributed by atoms with van der Waals surface area (Å²) in [7, 11) is 3.00. The Balaban J connectivity index is 3.00. The minimum Gasteiger partial charge on any atom is -0.496 e. The number of rotatable bonds is 3. The quantitative estimate of drug-likeness (QED) is 0.794. The molecule has 0 saturated carbocycles. The number of carbonyl (C=O) groups excluding carboxylic acids is 1. The first-order valence-electron chi connectivity index (χ1n) is 4.48. The van der Waals surface area contributed by atoms with E-state index in [2.05, 4.69) is 20.7 Å². The molecule has 0 saturated heterocycles. The number of methoxy groups -OCH3 is 2. The lowest BCUT2D eigenvalue weighted by Crippen LogP contribution is -2.05. The highest BCUT2D eigenvalue weighted by Gasteiger charge is 2.09. The number of esters is 1. The molecule has 15 heavy (non-hydrogen) atoms. The van der Waals surface area contributed by atoms with Crippen molar-refractivity contribution in [3.05, 3.63) is 27.7 Å². The van der Waals surface area contributed by atoms with Gasteiger partial charge in [-0.1, -0.05) is 22.0 Å². The first-order chi connectivity index (χ1) is 7.08. The Morgan fingerprint density at radius 1 is 1.40 bits per heavy atom. The van der Waals surface area contributed by atoms with Crippen molar-refractivity contribution in [1.82, 2.24) is 0 Å². The van der Waals surface area contributed by atoms with E-state index < -0.39 is 0 Å². The number of carbonyl (C=O) groups is 1. The smallest absolute Gasteiger partial charge is 0.310 e. The topological polar surface area (TPSA) is 35.5 Å². The molecule has 1 rings (SSSR count). The average molecular weight is 273 g/mol. The van der Waals surface area contributed by atoms with E-state index in [0.29, 0.717) is 0 Å². The van der Waals surface area contributed by atoms with Crippen LogP contribution < -0.4 is 4.74 Å². The predicted molar refractivity (Wildman–Crippen MR) is 61.2 cm³/mol. The normalized spacial score (nSPS) is 9.87. The van der Waals surface area contributed by atoms with Crippen LogP contribution in [0, 0.1) is 6.92 Å². The Morgan fingerprint density at radius 2 is 2.07 bits per heavy atom. The van der Waals surface area contributed by atoms with Crippen molar-refractivity contribution in [3.63, 3.8) is 0 Å². The maximum absolute atomic E-state index is 11.1. The molecule has 0 unspecified atom stereocenters. The predicted octanol–water partition coefficient (Wildman–Crippen LogP) is 2.48. The van der Waals surface area contributed by atoms with Gasteiger partial charge in [-0.05, 0) is 24.1 Å². The summed E-state index contributed by atoms with van der Waals surface area (Å²) in [5.74, 6) is 0.552. The lowest BCUT2D eigenvalue weighted by Gasteiger charge is -2.09. The van der Waals surface area contributed by atoms with Crippen molar-refractivity contribution in [2.75, 3.05) is 14.2 Å². The molecule has 82 valence electrons. The molecule has 0 heterocycles. The minimum absolute atomic E-state index is 0.250. The van der Waals surface area contributed by atoms with E-state index in [4.69, 9.17) is 4.74 Å². The minimum atomic E-state index is -0.250. The molecule has 3 nitrogen and oxygen atoms in total. The Bertz CT molecular complexity index is 374. The molecule has 1 aromatic rings. The van der Waals surface area contributed by atoms with Crippen LogP contribution in [0.4, 0.5) is 0 Å². The summed E-state index contributed by atoms with van der Waals surface area (Å²) in [5, 5.41) is 0. The molecule has 1 aromatic carbocycles. The van der Waals surface area contributed by atoms with E-state index in [9.17, 15) is 4.79 Å². The molecule has 0 aromatic heterocycles. The first kappa shape index (κ1) is 12.0. The summed E-state index contributed by atoms with van der Waals surface area (Å²) < 4.78 is 10.6. The number of halogens is 1. The van der Waals surface area contributed by atoms with E-state index in [1.54, 1.807) is 7.11 Å².